The summed E-state index contributed by atoms with van der Waals surface area (Å²) in [5.74, 6) is 0.356. The molecule has 20 heavy (non-hydrogen) atoms. The second-order valence-corrected chi connectivity index (χ2v) is 4.62. The van der Waals surface area contributed by atoms with Crippen molar-refractivity contribution in [1.82, 2.24) is 19.9 Å². The number of nitrogens with one attached hydrogen (secondary N) is 1. The number of halogens is 1. The van der Waals surface area contributed by atoms with Gasteiger partial charge in [0.2, 0.25) is 0 Å². The zero-order chi connectivity index (χ0) is 14.1. The van der Waals surface area contributed by atoms with E-state index in [-0.39, 0.29) is 12.5 Å². The maximum atomic E-state index is 12.1. The summed E-state index contributed by atoms with van der Waals surface area (Å²) < 4.78 is 6.80. The van der Waals surface area contributed by atoms with Crippen molar-refractivity contribution >= 4 is 23.2 Å². The standard InChI is InChI=1S/C13H11ClN4O2/c1-8-10(7-15-12-4-5-17-18(8)12)13(19)16-6-9-2-3-11(14)20-9/h2-5,7H,6H2,1H3,(H,16,19). The van der Waals surface area contributed by atoms with E-state index >= 15 is 0 Å². The van der Waals surface area contributed by atoms with Crippen LogP contribution in [0.2, 0.25) is 5.22 Å². The Labute approximate surface area is 119 Å². The molecule has 3 rings (SSSR count). The van der Waals surface area contributed by atoms with Crippen LogP contribution >= 0.6 is 11.6 Å². The van der Waals surface area contributed by atoms with Crippen LogP contribution in [0.1, 0.15) is 21.8 Å². The van der Waals surface area contributed by atoms with Crippen LogP contribution in [0.4, 0.5) is 0 Å². The predicted molar refractivity (Wildman–Crippen MR) is 72.6 cm³/mol. The van der Waals surface area contributed by atoms with E-state index in [0.717, 1.165) is 5.69 Å². The molecule has 3 aromatic rings. The average Bonchev–Trinajstić information content (AvgIpc) is 3.05. The zero-order valence-corrected chi connectivity index (χ0v) is 11.4. The van der Waals surface area contributed by atoms with E-state index in [2.05, 4.69) is 15.4 Å². The summed E-state index contributed by atoms with van der Waals surface area (Å²) in [6.07, 6.45) is 3.18. The highest BCUT2D eigenvalue weighted by molar-refractivity contribution is 6.28. The lowest BCUT2D eigenvalue weighted by Crippen LogP contribution is -2.24. The van der Waals surface area contributed by atoms with Gasteiger partial charge in [-0.2, -0.15) is 5.10 Å². The van der Waals surface area contributed by atoms with Gasteiger partial charge < -0.3 is 9.73 Å². The molecule has 0 saturated heterocycles. The van der Waals surface area contributed by atoms with Crippen LogP contribution in [0, 0.1) is 6.92 Å². The van der Waals surface area contributed by atoms with Gasteiger partial charge in [-0.3, -0.25) is 4.79 Å². The summed E-state index contributed by atoms with van der Waals surface area (Å²) in [4.78, 5) is 16.3. The molecular weight excluding hydrogens is 280 g/mol. The SMILES string of the molecule is Cc1c(C(=O)NCc2ccc(Cl)o2)cnc2ccnn12. The molecule has 102 valence electrons. The number of furan rings is 1. The third-order valence-electron chi connectivity index (χ3n) is 2.95. The number of aryl methyl sites for hydroxylation is 1. The number of rotatable bonds is 3. The van der Waals surface area contributed by atoms with Gasteiger partial charge >= 0.3 is 0 Å². The lowest BCUT2D eigenvalue weighted by atomic mass is 10.2. The number of carbonyl (C=O) groups excluding carboxylic acids is 1. The van der Waals surface area contributed by atoms with Crippen molar-refractivity contribution in [3.63, 3.8) is 0 Å². The maximum absolute atomic E-state index is 12.1. The second kappa shape index (κ2) is 4.97. The Morgan fingerprint density at radius 3 is 3.05 bits per heavy atom. The molecule has 3 aromatic heterocycles. The molecule has 0 aliphatic carbocycles. The molecule has 0 fully saturated rings. The van der Waals surface area contributed by atoms with Crippen LogP contribution in [-0.4, -0.2) is 20.5 Å². The Balaban J connectivity index is 1.80. The minimum absolute atomic E-state index is 0.236. The predicted octanol–water partition coefficient (Wildman–Crippen LogP) is 2.21. The van der Waals surface area contributed by atoms with E-state index in [0.29, 0.717) is 22.2 Å². The van der Waals surface area contributed by atoms with Crippen LogP contribution in [0.5, 0.6) is 0 Å². The molecule has 3 heterocycles. The molecule has 6 nitrogen and oxygen atoms in total. The van der Waals surface area contributed by atoms with Crippen molar-refractivity contribution in [1.29, 1.82) is 0 Å². The number of amides is 1. The molecule has 7 heteroatoms. The van der Waals surface area contributed by atoms with Crippen LogP contribution < -0.4 is 5.32 Å². The summed E-state index contributed by atoms with van der Waals surface area (Å²) in [5, 5.41) is 7.17. The molecule has 0 atom stereocenters. The Kier molecular flexibility index (Phi) is 3.15. The van der Waals surface area contributed by atoms with Gasteiger partial charge in [-0.05, 0) is 30.7 Å². The molecule has 0 saturated carbocycles. The average molecular weight is 291 g/mol. The number of fused-ring (bicyclic) bond motifs is 1. The highest BCUT2D eigenvalue weighted by atomic mass is 35.5. The first-order valence-corrected chi connectivity index (χ1v) is 6.35. The summed E-state index contributed by atoms with van der Waals surface area (Å²) in [6, 6.07) is 5.12. The maximum Gasteiger partial charge on any atom is 0.255 e. The van der Waals surface area contributed by atoms with Crippen LogP contribution in [-0.2, 0) is 6.54 Å². The number of nitrogens with zero attached hydrogens (tertiary/aromatic N) is 3. The van der Waals surface area contributed by atoms with Crippen LogP contribution in [0.15, 0.2) is 35.0 Å². The molecule has 0 spiro atoms. The van der Waals surface area contributed by atoms with Gasteiger partial charge in [-0.25, -0.2) is 9.50 Å². The van der Waals surface area contributed by atoms with E-state index in [9.17, 15) is 4.79 Å². The van der Waals surface area contributed by atoms with E-state index in [1.165, 1.54) is 6.20 Å². The molecular formula is C13H11ClN4O2. The highest BCUT2D eigenvalue weighted by Crippen LogP contribution is 2.13. The van der Waals surface area contributed by atoms with Crippen molar-refractivity contribution in [2.45, 2.75) is 13.5 Å². The lowest BCUT2D eigenvalue weighted by Gasteiger charge is -2.07. The fraction of sp³-hybridized carbons (Fsp3) is 0.154. The number of hydrogen-bond acceptors (Lipinski definition) is 4. The topological polar surface area (TPSA) is 72.4 Å². The second-order valence-electron chi connectivity index (χ2n) is 4.25. The number of aromatic nitrogens is 3. The van der Waals surface area contributed by atoms with Crippen molar-refractivity contribution in [3.8, 4) is 0 Å². The molecule has 0 bridgehead atoms. The Morgan fingerprint density at radius 1 is 1.45 bits per heavy atom. The first kappa shape index (κ1) is 12.7. The third-order valence-corrected chi connectivity index (χ3v) is 3.16. The summed E-state index contributed by atoms with van der Waals surface area (Å²) in [7, 11) is 0. The summed E-state index contributed by atoms with van der Waals surface area (Å²) >= 11 is 5.67. The number of carbonyl (C=O) groups is 1. The van der Waals surface area contributed by atoms with E-state index < -0.39 is 0 Å². The van der Waals surface area contributed by atoms with Gasteiger partial charge in [0.05, 0.1) is 24.0 Å². The molecule has 0 aliphatic rings. The van der Waals surface area contributed by atoms with Gasteiger partial charge in [0.1, 0.15) is 5.76 Å². The molecule has 1 amide bonds. The summed E-state index contributed by atoms with van der Waals surface area (Å²) in [6.45, 7) is 2.09. The highest BCUT2D eigenvalue weighted by Gasteiger charge is 2.13. The molecule has 0 unspecified atom stereocenters. The zero-order valence-electron chi connectivity index (χ0n) is 10.6. The minimum atomic E-state index is -0.236. The van der Waals surface area contributed by atoms with Gasteiger partial charge in [-0.1, -0.05) is 0 Å². The molecule has 0 aromatic carbocycles. The molecule has 0 aliphatic heterocycles. The Morgan fingerprint density at radius 2 is 2.30 bits per heavy atom. The normalized spacial score (nSPS) is 10.9. The smallest absolute Gasteiger partial charge is 0.255 e. The van der Waals surface area contributed by atoms with Gasteiger partial charge in [0, 0.05) is 12.3 Å². The van der Waals surface area contributed by atoms with E-state index in [4.69, 9.17) is 16.0 Å². The van der Waals surface area contributed by atoms with E-state index in [1.54, 1.807) is 28.9 Å². The third kappa shape index (κ3) is 2.25. The lowest BCUT2D eigenvalue weighted by molar-refractivity contribution is 0.0946. The first-order chi connectivity index (χ1) is 9.65. The van der Waals surface area contributed by atoms with Gasteiger partial charge in [0.25, 0.3) is 5.91 Å². The minimum Gasteiger partial charge on any atom is -0.448 e. The largest absolute Gasteiger partial charge is 0.448 e. The molecule has 0 radical (unpaired) electrons. The van der Waals surface area contributed by atoms with E-state index in [1.807, 2.05) is 6.92 Å². The van der Waals surface area contributed by atoms with Gasteiger partial charge in [-0.15, -0.1) is 0 Å². The van der Waals surface area contributed by atoms with Crippen molar-refractivity contribution in [3.05, 3.63) is 52.8 Å². The fourth-order valence-electron chi connectivity index (χ4n) is 1.92. The van der Waals surface area contributed by atoms with Gasteiger partial charge in [0.15, 0.2) is 10.9 Å². The Bertz CT molecular complexity index is 778. The fourth-order valence-corrected chi connectivity index (χ4v) is 2.09. The van der Waals surface area contributed by atoms with Crippen molar-refractivity contribution in [2.24, 2.45) is 0 Å². The Hall–Kier alpha value is -2.34. The number of hydrogen-bond donors (Lipinski definition) is 1. The first-order valence-electron chi connectivity index (χ1n) is 5.97. The van der Waals surface area contributed by atoms with Crippen molar-refractivity contribution < 1.29 is 9.21 Å². The van der Waals surface area contributed by atoms with Crippen molar-refractivity contribution in [2.75, 3.05) is 0 Å². The molecule has 1 N–H and O–H groups in total. The van der Waals surface area contributed by atoms with Crippen LogP contribution in [0.25, 0.3) is 5.65 Å². The quantitative estimate of drug-likeness (QED) is 0.803. The van der Waals surface area contributed by atoms with Crippen LogP contribution in [0.3, 0.4) is 0 Å². The summed E-state index contributed by atoms with van der Waals surface area (Å²) in [5.41, 5.74) is 1.91. The monoisotopic (exact) mass is 290 g/mol.